The van der Waals surface area contributed by atoms with E-state index in [1.807, 2.05) is 0 Å². The molecule has 1 fully saturated rings. The molecular formula is C8H19N. The van der Waals surface area contributed by atoms with Crippen molar-refractivity contribution in [2.24, 2.45) is 5.41 Å². The second-order valence-electron chi connectivity index (χ2n) is 3.97. The van der Waals surface area contributed by atoms with E-state index in [-0.39, 0.29) is 1.43 Å². The molecule has 1 rings (SSSR count). The van der Waals surface area contributed by atoms with E-state index in [1.54, 1.807) is 0 Å². The van der Waals surface area contributed by atoms with Gasteiger partial charge in [0.05, 0.1) is 0 Å². The van der Waals surface area contributed by atoms with E-state index < -0.39 is 0 Å². The highest BCUT2D eigenvalue weighted by molar-refractivity contribution is 4.76. The normalized spacial score (nSPS) is 28.3. The smallest absolute Gasteiger partial charge is 0 e. The third kappa shape index (κ3) is 1.98. The zero-order chi connectivity index (χ0) is 6.91. The van der Waals surface area contributed by atoms with Crippen LogP contribution in [0.2, 0.25) is 0 Å². The van der Waals surface area contributed by atoms with Gasteiger partial charge in [0, 0.05) is 1.43 Å². The second kappa shape index (κ2) is 2.30. The Morgan fingerprint density at radius 2 is 1.67 bits per heavy atom. The first-order chi connectivity index (χ1) is 4.10. The van der Waals surface area contributed by atoms with Crippen molar-refractivity contribution >= 4 is 0 Å². The van der Waals surface area contributed by atoms with Gasteiger partial charge in [-0.2, -0.15) is 0 Å². The van der Waals surface area contributed by atoms with E-state index in [0.29, 0.717) is 5.41 Å². The Bertz CT molecular complexity index is 91.4. The molecule has 1 aliphatic heterocycles. The molecule has 9 heavy (non-hydrogen) atoms. The Morgan fingerprint density at radius 1 is 1.22 bits per heavy atom. The Morgan fingerprint density at radius 3 is 2.00 bits per heavy atom. The highest BCUT2D eigenvalue weighted by atomic mass is 15.1. The summed E-state index contributed by atoms with van der Waals surface area (Å²) >= 11 is 0. The maximum atomic E-state index is 2.41. The van der Waals surface area contributed by atoms with Crippen molar-refractivity contribution < 1.29 is 1.43 Å². The standard InChI is InChI=1S/C8H17N.H2/c1-8(2)4-6-9(3)7-5-8;/h4-7H2,1-3H3;1H. The number of hydrogen-bond donors (Lipinski definition) is 0. The molecule has 0 aromatic heterocycles. The lowest BCUT2D eigenvalue weighted by Gasteiger charge is -2.34. The molecule has 0 unspecified atom stereocenters. The van der Waals surface area contributed by atoms with E-state index in [0.717, 1.165) is 0 Å². The number of rotatable bonds is 0. The summed E-state index contributed by atoms with van der Waals surface area (Å²) in [5.41, 5.74) is 0.618. The third-order valence-electron chi connectivity index (χ3n) is 2.34. The predicted octanol–water partition coefficient (Wildman–Crippen LogP) is 1.98. The molecule has 0 saturated carbocycles. The van der Waals surface area contributed by atoms with Gasteiger partial charge in [0.1, 0.15) is 0 Å². The van der Waals surface area contributed by atoms with Crippen LogP contribution in [0, 0.1) is 5.41 Å². The van der Waals surface area contributed by atoms with Crippen molar-refractivity contribution in [3.63, 3.8) is 0 Å². The van der Waals surface area contributed by atoms with Gasteiger partial charge in [-0.25, -0.2) is 0 Å². The molecule has 0 aromatic rings. The van der Waals surface area contributed by atoms with Crippen molar-refractivity contribution in [3.05, 3.63) is 0 Å². The number of nitrogens with zero attached hydrogens (tertiary/aromatic N) is 1. The van der Waals surface area contributed by atoms with Crippen LogP contribution in [0.4, 0.5) is 0 Å². The van der Waals surface area contributed by atoms with Gasteiger partial charge >= 0.3 is 0 Å². The summed E-state index contributed by atoms with van der Waals surface area (Å²) in [6.07, 6.45) is 2.73. The van der Waals surface area contributed by atoms with Crippen molar-refractivity contribution in [1.82, 2.24) is 4.90 Å². The van der Waals surface area contributed by atoms with Crippen LogP contribution in [0.15, 0.2) is 0 Å². The maximum Gasteiger partial charge on any atom is 0 e. The topological polar surface area (TPSA) is 3.24 Å². The molecule has 0 spiro atoms. The van der Waals surface area contributed by atoms with E-state index in [2.05, 4.69) is 25.8 Å². The molecule has 0 amide bonds. The first kappa shape index (κ1) is 7.07. The quantitative estimate of drug-likeness (QED) is 0.483. The molecule has 0 aromatic carbocycles. The van der Waals surface area contributed by atoms with Crippen LogP contribution >= 0.6 is 0 Å². The summed E-state index contributed by atoms with van der Waals surface area (Å²) in [5.74, 6) is 0. The molecule has 0 bridgehead atoms. The minimum absolute atomic E-state index is 0. The molecule has 1 nitrogen and oxygen atoms in total. The molecule has 0 N–H and O–H groups in total. The summed E-state index contributed by atoms with van der Waals surface area (Å²) in [6.45, 7) is 7.29. The van der Waals surface area contributed by atoms with Gasteiger partial charge in [0.15, 0.2) is 0 Å². The molecule has 0 atom stereocenters. The zero-order valence-corrected chi connectivity index (χ0v) is 6.78. The van der Waals surface area contributed by atoms with E-state index in [1.165, 1.54) is 25.9 Å². The average molecular weight is 129 g/mol. The summed E-state index contributed by atoms with van der Waals surface area (Å²) in [4.78, 5) is 2.41. The van der Waals surface area contributed by atoms with E-state index in [4.69, 9.17) is 0 Å². The van der Waals surface area contributed by atoms with Crippen LogP contribution in [0.1, 0.15) is 28.1 Å². The van der Waals surface area contributed by atoms with E-state index in [9.17, 15) is 0 Å². The Hall–Kier alpha value is -0.0400. The van der Waals surface area contributed by atoms with Crippen molar-refractivity contribution in [2.75, 3.05) is 20.1 Å². The summed E-state index contributed by atoms with van der Waals surface area (Å²) < 4.78 is 0. The summed E-state index contributed by atoms with van der Waals surface area (Å²) in [5, 5.41) is 0. The summed E-state index contributed by atoms with van der Waals surface area (Å²) in [7, 11) is 2.20. The molecule has 1 aliphatic rings. The molecular weight excluding hydrogens is 110 g/mol. The van der Waals surface area contributed by atoms with Crippen molar-refractivity contribution in [2.45, 2.75) is 26.7 Å². The Kier molecular flexibility index (Phi) is 1.80. The van der Waals surface area contributed by atoms with Crippen molar-refractivity contribution in [3.8, 4) is 0 Å². The lowest BCUT2D eigenvalue weighted by atomic mass is 9.83. The molecule has 56 valence electrons. The fourth-order valence-corrected chi connectivity index (χ4v) is 1.22. The van der Waals surface area contributed by atoms with Crippen LogP contribution in [-0.2, 0) is 0 Å². The molecule has 0 radical (unpaired) electrons. The Balaban J connectivity index is 0.000000810. The first-order valence-corrected chi connectivity index (χ1v) is 3.79. The average Bonchev–Trinajstić information content (AvgIpc) is 1.78. The molecule has 1 saturated heterocycles. The fraction of sp³-hybridized carbons (Fsp3) is 1.00. The zero-order valence-electron chi connectivity index (χ0n) is 6.78. The van der Waals surface area contributed by atoms with Crippen LogP contribution in [0.5, 0.6) is 0 Å². The van der Waals surface area contributed by atoms with Crippen molar-refractivity contribution in [1.29, 1.82) is 0 Å². The highest BCUT2D eigenvalue weighted by Crippen LogP contribution is 2.28. The SMILES string of the molecule is CN1CCC(C)(C)CC1.[HH]. The van der Waals surface area contributed by atoms with E-state index >= 15 is 0 Å². The number of piperidine rings is 1. The van der Waals surface area contributed by atoms with Gasteiger partial charge in [-0.15, -0.1) is 0 Å². The van der Waals surface area contributed by atoms with Gasteiger partial charge in [-0.1, -0.05) is 13.8 Å². The van der Waals surface area contributed by atoms with Gasteiger partial charge in [0.2, 0.25) is 0 Å². The van der Waals surface area contributed by atoms with Crippen LogP contribution < -0.4 is 0 Å². The minimum atomic E-state index is 0. The van der Waals surface area contributed by atoms with Gasteiger partial charge in [0.25, 0.3) is 0 Å². The van der Waals surface area contributed by atoms with Gasteiger partial charge in [-0.05, 0) is 38.4 Å². The van der Waals surface area contributed by atoms with Gasteiger partial charge < -0.3 is 4.90 Å². The number of likely N-dealkylation sites (tertiary alicyclic amines) is 1. The molecule has 0 aliphatic carbocycles. The van der Waals surface area contributed by atoms with Gasteiger partial charge in [-0.3, -0.25) is 0 Å². The fourth-order valence-electron chi connectivity index (χ4n) is 1.22. The maximum absolute atomic E-state index is 2.41. The highest BCUT2D eigenvalue weighted by Gasteiger charge is 2.22. The second-order valence-corrected chi connectivity index (χ2v) is 3.97. The number of hydrogen-bond acceptors (Lipinski definition) is 1. The Labute approximate surface area is 59.5 Å². The lowest BCUT2D eigenvalue weighted by molar-refractivity contribution is 0.157. The first-order valence-electron chi connectivity index (χ1n) is 3.79. The van der Waals surface area contributed by atoms with Crippen LogP contribution in [0.25, 0.3) is 0 Å². The predicted molar refractivity (Wildman–Crippen MR) is 42.6 cm³/mol. The third-order valence-corrected chi connectivity index (χ3v) is 2.34. The summed E-state index contributed by atoms with van der Waals surface area (Å²) in [6, 6.07) is 0. The molecule has 1 heterocycles. The lowest BCUT2D eigenvalue weighted by Crippen LogP contribution is -2.34. The minimum Gasteiger partial charge on any atom is -0.306 e. The van der Waals surface area contributed by atoms with Crippen LogP contribution in [0.3, 0.4) is 0 Å². The monoisotopic (exact) mass is 129 g/mol. The largest absolute Gasteiger partial charge is 0.306 e. The molecule has 1 heteroatoms. The van der Waals surface area contributed by atoms with Crippen LogP contribution in [-0.4, -0.2) is 25.0 Å².